The van der Waals surface area contributed by atoms with E-state index >= 15 is 0 Å². The minimum atomic E-state index is -0.842. The highest BCUT2D eigenvalue weighted by Crippen LogP contribution is 2.17. The second kappa shape index (κ2) is 62.6. The van der Waals surface area contributed by atoms with Gasteiger partial charge in [-0.2, -0.15) is 0 Å². The second-order valence-electron chi connectivity index (χ2n) is 21.1. The summed E-state index contributed by atoms with van der Waals surface area (Å²) < 4.78 is 0. The molecule has 416 valence electrons. The second-order valence-corrected chi connectivity index (χ2v) is 21.1. The van der Waals surface area contributed by atoms with Crippen LogP contribution in [0.25, 0.3) is 0 Å². The van der Waals surface area contributed by atoms with Gasteiger partial charge in [-0.05, 0) is 77.0 Å². The third-order valence-electron chi connectivity index (χ3n) is 14.1. The number of aliphatic hydroxyl groups excluding tert-OH is 2. The van der Waals surface area contributed by atoms with E-state index in [1.807, 2.05) is 6.08 Å². The first-order chi connectivity index (χ1) is 35.7. The average Bonchev–Trinajstić information content (AvgIpc) is 3.39. The molecule has 0 saturated carbocycles. The molecule has 0 aliphatic heterocycles. The normalized spacial score (nSPS) is 13.4. The van der Waals surface area contributed by atoms with E-state index in [4.69, 9.17) is 0 Å². The Kier molecular flexibility index (Phi) is 60.3. The predicted octanol–water partition coefficient (Wildman–Crippen LogP) is 21.3. The Bertz CT molecular complexity index is 1320. The van der Waals surface area contributed by atoms with E-state index in [1.54, 1.807) is 6.08 Å². The van der Waals surface area contributed by atoms with Gasteiger partial charge in [-0.3, -0.25) is 4.79 Å². The van der Waals surface area contributed by atoms with E-state index in [2.05, 4.69) is 104 Å². The molecule has 0 rings (SSSR count). The number of carbonyl (C=O) groups is 1. The lowest BCUT2D eigenvalue weighted by molar-refractivity contribution is -0.123. The van der Waals surface area contributed by atoms with Crippen molar-refractivity contribution in [2.45, 2.75) is 321 Å². The molecular formula is C68H121NO3. The van der Waals surface area contributed by atoms with Gasteiger partial charge in [0.2, 0.25) is 5.91 Å². The highest BCUT2D eigenvalue weighted by molar-refractivity contribution is 5.76. The molecule has 2 unspecified atom stereocenters. The van der Waals surface area contributed by atoms with Crippen LogP contribution in [0.15, 0.2) is 97.2 Å². The maximum atomic E-state index is 12.5. The maximum absolute atomic E-state index is 12.5. The fraction of sp³-hybridized carbons (Fsp3) is 0.750. The van der Waals surface area contributed by atoms with Crippen molar-refractivity contribution in [2.75, 3.05) is 6.61 Å². The number of hydrogen-bond acceptors (Lipinski definition) is 3. The van der Waals surface area contributed by atoms with E-state index in [9.17, 15) is 15.0 Å². The van der Waals surface area contributed by atoms with Crippen LogP contribution in [0.2, 0.25) is 0 Å². The number of aliphatic hydroxyl groups is 2. The highest BCUT2D eigenvalue weighted by atomic mass is 16.3. The molecule has 0 spiro atoms. The third kappa shape index (κ3) is 58.2. The molecule has 0 aromatic carbocycles. The number of nitrogens with one attached hydrogen (secondary N) is 1. The monoisotopic (exact) mass is 1000 g/mol. The zero-order valence-electron chi connectivity index (χ0n) is 47.9. The lowest BCUT2D eigenvalue weighted by atomic mass is 10.0. The van der Waals surface area contributed by atoms with Crippen LogP contribution in [0.4, 0.5) is 0 Å². The smallest absolute Gasteiger partial charge is 0.220 e. The lowest BCUT2D eigenvalue weighted by Crippen LogP contribution is -2.45. The summed E-state index contributed by atoms with van der Waals surface area (Å²) >= 11 is 0. The first-order valence-corrected chi connectivity index (χ1v) is 31.5. The van der Waals surface area contributed by atoms with Gasteiger partial charge in [-0.1, -0.05) is 323 Å². The average molecular weight is 1000 g/mol. The van der Waals surface area contributed by atoms with Crippen LogP contribution in [-0.2, 0) is 4.79 Å². The molecule has 0 saturated heterocycles. The summed E-state index contributed by atoms with van der Waals surface area (Å²) in [6, 6.07) is -0.625. The topological polar surface area (TPSA) is 69.6 Å². The number of rotatable bonds is 57. The van der Waals surface area contributed by atoms with Crippen molar-refractivity contribution in [3.8, 4) is 0 Å². The molecule has 0 aliphatic carbocycles. The molecule has 3 N–H and O–H groups in total. The highest BCUT2D eigenvalue weighted by Gasteiger charge is 2.18. The molecule has 0 bridgehead atoms. The van der Waals surface area contributed by atoms with Crippen LogP contribution in [0, 0.1) is 0 Å². The lowest BCUT2D eigenvalue weighted by Gasteiger charge is -2.20. The van der Waals surface area contributed by atoms with E-state index in [1.165, 1.54) is 218 Å². The number of allylic oxidation sites excluding steroid dienone is 15. The quantitative estimate of drug-likeness (QED) is 0.0420. The molecule has 72 heavy (non-hydrogen) atoms. The van der Waals surface area contributed by atoms with Crippen molar-refractivity contribution in [1.29, 1.82) is 0 Å². The predicted molar refractivity (Wildman–Crippen MR) is 322 cm³/mol. The largest absolute Gasteiger partial charge is 0.394 e. The van der Waals surface area contributed by atoms with Gasteiger partial charge in [0.05, 0.1) is 18.8 Å². The molecule has 4 heteroatoms. The molecule has 0 aromatic heterocycles. The molecule has 1 amide bonds. The van der Waals surface area contributed by atoms with Crippen LogP contribution >= 0.6 is 0 Å². The van der Waals surface area contributed by atoms with Crippen molar-refractivity contribution in [3.05, 3.63) is 97.2 Å². The van der Waals surface area contributed by atoms with Crippen molar-refractivity contribution >= 4 is 5.91 Å². The van der Waals surface area contributed by atoms with Gasteiger partial charge in [0.25, 0.3) is 0 Å². The number of unbranched alkanes of at least 4 members (excludes halogenated alkanes) is 36. The van der Waals surface area contributed by atoms with Gasteiger partial charge >= 0.3 is 0 Å². The van der Waals surface area contributed by atoms with E-state index in [0.29, 0.717) is 6.42 Å². The third-order valence-corrected chi connectivity index (χ3v) is 14.1. The molecule has 0 aromatic rings. The summed E-state index contributed by atoms with van der Waals surface area (Å²) in [5, 5.41) is 23.2. The number of carbonyl (C=O) groups excluding carboxylic acids is 1. The maximum Gasteiger partial charge on any atom is 0.220 e. The van der Waals surface area contributed by atoms with Crippen LogP contribution < -0.4 is 5.32 Å². The van der Waals surface area contributed by atoms with Gasteiger partial charge in [0.1, 0.15) is 0 Å². The van der Waals surface area contributed by atoms with Crippen LogP contribution in [-0.4, -0.2) is 34.9 Å². The Hall–Kier alpha value is -2.69. The Morgan fingerprint density at radius 1 is 0.347 bits per heavy atom. The minimum Gasteiger partial charge on any atom is -0.394 e. The van der Waals surface area contributed by atoms with Crippen molar-refractivity contribution < 1.29 is 15.0 Å². The van der Waals surface area contributed by atoms with Crippen molar-refractivity contribution in [3.63, 3.8) is 0 Å². The zero-order chi connectivity index (χ0) is 52.0. The summed E-state index contributed by atoms with van der Waals surface area (Å²) in [6.45, 7) is 4.21. The Morgan fingerprint density at radius 3 is 0.917 bits per heavy atom. The van der Waals surface area contributed by atoms with Crippen LogP contribution in [0.3, 0.4) is 0 Å². The number of amides is 1. The fourth-order valence-electron chi connectivity index (χ4n) is 9.34. The minimum absolute atomic E-state index is 0.0616. The molecule has 4 nitrogen and oxygen atoms in total. The summed E-state index contributed by atoms with van der Waals surface area (Å²) in [5.41, 5.74) is 0. The first-order valence-electron chi connectivity index (χ1n) is 31.5. The van der Waals surface area contributed by atoms with Gasteiger partial charge in [0.15, 0.2) is 0 Å². The Morgan fingerprint density at radius 2 is 0.611 bits per heavy atom. The zero-order valence-corrected chi connectivity index (χ0v) is 47.9. The first kappa shape index (κ1) is 69.3. The SMILES string of the molecule is CC/C=C\C/C=C\C/C=C\C/C=C\C/C=C\C/C=C\C/C=C\CCCCCCCCCCCCCCCCCCCCCC(=O)NC(CO)C(O)/C=C/CCCCCCCCCCCCCCCCCCC. The molecule has 0 heterocycles. The molecule has 0 aliphatic rings. The summed E-state index contributed by atoms with van der Waals surface area (Å²) in [6.07, 6.45) is 93.1. The Labute approximate surface area is 449 Å². The van der Waals surface area contributed by atoms with E-state index in [0.717, 1.165) is 70.6 Å². The molecule has 2 atom stereocenters. The van der Waals surface area contributed by atoms with E-state index < -0.39 is 12.1 Å². The van der Waals surface area contributed by atoms with Gasteiger partial charge < -0.3 is 15.5 Å². The summed E-state index contributed by atoms with van der Waals surface area (Å²) in [7, 11) is 0. The Balaban J connectivity index is 3.48. The summed E-state index contributed by atoms with van der Waals surface area (Å²) in [5.74, 6) is -0.0616. The molecular weight excluding hydrogens is 879 g/mol. The van der Waals surface area contributed by atoms with Gasteiger partial charge in [0, 0.05) is 6.42 Å². The van der Waals surface area contributed by atoms with Crippen LogP contribution in [0.5, 0.6) is 0 Å². The van der Waals surface area contributed by atoms with Crippen LogP contribution in [0.1, 0.15) is 309 Å². The standard InChI is InChI=1S/C68H121NO3/c1-3-5-7-9-11-13-15-17-19-21-23-24-25-26-27-28-29-30-31-32-33-34-35-36-37-38-39-40-41-42-43-44-46-48-50-52-54-56-58-60-62-64-68(72)69-66(65-70)67(71)63-61-59-57-55-53-51-49-47-45-22-20-18-16-14-12-10-8-6-4-2/h5,7,11,13,17,19,23-24,26-27,29-30,32-33,61,63,66-67,70-71H,3-4,6,8-10,12,14-16,18,20-22,25,28,31,34-60,62,64-65H2,1-2H3,(H,69,72)/b7-5-,13-11-,19-17-,24-23-,27-26-,30-29-,33-32-,63-61+. The molecule has 0 fully saturated rings. The fourth-order valence-corrected chi connectivity index (χ4v) is 9.34. The number of hydrogen-bond donors (Lipinski definition) is 3. The van der Waals surface area contributed by atoms with Crippen molar-refractivity contribution in [2.24, 2.45) is 0 Å². The van der Waals surface area contributed by atoms with Crippen molar-refractivity contribution in [1.82, 2.24) is 5.32 Å². The van der Waals surface area contributed by atoms with E-state index in [-0.39, 0.29) is 12.5 Å². The van der Waals surface area contributed by atoms with Gasteiger partial charge in [-0.25, -0.2) is 0 Å². The van der Waals surface area contributed by atoms with Gasteiger partial charge in [-0.15, -0.1) is 0 Å². The molecule has 0 radical (unpaired) electrons. The summed E-state index contributed by atoms with van der Waals surface area (Å²) in [4.78, 5) is 12.5.